The number of hydrogen-bond acceptors (Lipinski definition) is 3. The number of aliphatic hydroxyl groups excluding tert-OH is 1. The zero-order valence-electron chi connectivity index (χ0n) is 13.1. The lowest BCUT2D eigenvalue weighted by molar-refractivity contribution is -0.133. The molecule has 23 heavy (non-hydrogen) atoms. The van der Waals surface area contributed by atoms with Crippen molar-refractivity contribution in [1.82, 2.24) is 10.2 Å². The summed E-state index contributed by atoms with van der Waals surface area (Å²) >= 11 is 0. The first kappa shape index (κ1) is 17.3. The van der Waals surface area contributed by atoms with Crippen molar-refractivity contribution in [1.29, 1.82) is 0 Å². The van der Waals surface area contributed by atoms with Crippen molar-refractivity contribution in [3.63, 3.8) is 0 Å². The molecule has 1 fully saturated rings. The second kappa shape index (κ2) is 7.04. The standard InChI is InChI=1S/C16H20F2N2O3/c1-9(2)14(16(23)20-7-6-10(21)8-20)19-15(22)13-11(17)4-3-5-12(13)18/h3-5,9-10,14,21H,6-8H2,1-2H3,(H,19,22)/t10-,14?/m1/s1. The fraction of sp³-hybridized carbons (Fsp3) is 0.500. The SMILES string of the molecule is CC(C)C(NC(=O)c1c(F)cccc1F)C(=O)N1CC[C@@H](O)C1. The van der Waals surface area contributed by atoms with Crippen molar-refractivity contribution < 1.29 is 23.5 Å². The van der Waals surface area contributed by atoms with E-state index in [0.717, 1.165) is 18.2 Å². The lowest BCUT2D eigenvalue weighted by atomic mass is 10.0. The van der Waals surface area contributed by atoms with Gasteiger partial charge in [-0.15, -0.1) is 0 Å². The summed E-state index contributed by atoms with van der Waals surface area (Å²) in [6.45, 7) is 4.05. The smallest absolute Gasteiger partial charge is 0.257 e. The fourth-order valence-corrected chi connectivity index (χ4v) is 2.58. The Labute approximate surface area is 133 Å². The normalized spacial score (nSPS) is 19.0. The monoisotopic (exact) mass is 326 g/mol. The lowest BCUT2D eigenvalue weighted by Crippen LogP contribution is -2.51. The van der Waals surface area contributed by atoms with Gasteiger partial charge >= 0.3 is 0 Å². The van der Waals surface area contributed by atoms with E-state index in [9.17, 15) is 23.5 Å². The van der Waals surface area contributed by atoms with Gasteiger partial charge in [0.25, 0.3) is 5.91 Å². The molecule has 1 aliphatic rings. The number of nitrogens with zero attached hydrogens (tertiary/aromatic N) is 1. The largest absolute Gasteiger partial charge is 0.391 e. The minimum atomic E-state index is -0.978. The van der Waals surface area contributed by atoms with Gasteiger partial charge < -0.3 is 15.3 Å². The summed E-state index contributed by atoms with van der Waals surface area (Å²) in [6, 6.07) is 2.23. The van der Waals surface area contributed by atoms with Crippen LogP contribution in [0.4, 0.5) is 8.78 Å². The number of carbonyl (C=O) groups excluding carboxylic acids is 2. The number of rotatable bonds is 4. The first-order valence-corrected chi connectivity index (χ1v) is 7.53. The Balaban J connectivity index is 2.16. The quantitative estimate of drug-likeness (QED) is 0.876. The third-order valence-electron chi connectivity index (χ3n) is 3.88. The molecule has 1 heterocycles. The van der Waals surface area contributed by atoms with Crippen LogP contribution < -0.4 is 5.32 Å². The molecular weight excluding hydrogens is 306 g/mol. The van der Waals surface area contributed by atoms with E-state index in [1.54, 1.807) is 13.8 Å². The fourth-order valence-electron chi connectivity index (χ4n) is 2.58. The second-order valence-electron chi connectivity index (χ2n) is 6.02. The number of amides is 2. The van der Waals surface area contributed by atoms with Crippen molar-refractivity contribution in [2.75, 3.05) is 13.1 Å². The van der Waals surface area contributed by atoms with Crippen molar-refractivity contribution >= 4 is 11.8 Å². The molecule has 2 rings (SSSR count). The maximum Gasteiger partial charge on any atom is 0.257 e. The lowest BCUT2D eigenvalue weighted by Gasteiger charge is -2.26. The van der Waals surface area contributed by atoms with Gasteiger partial charge in [-0.05, 0) is 24.5 Å². The molecule has 0 radical (unpaired) electrons. The Kier molecular flexibility index (Phi) is 5.30. The Bertz CT molecular complexity index is 587. The molecule has 0 spiro atoms. The summed E-state index contributed by atoms with van der Waals surface area (Å²) in [6.07, 6.45) is -0.0987. The molecule has 1 unspecified atom stereocenters. The summed E-state index contributed by atoms with van der Waals surface area (Å²) in [5, 5.41) is 11.9. The Hall–Kier alpha value is -2.02. The zero-order chi connectivity index (χ0) is 17.1. The van der Waals surface area contributed by atoms with Crippen LogP contribution in [0.2, 0.25) is 0 Å². The molecule has 1 aromatic carbocycles. The third kappa shape index (κ3) is 3.85. The van der Waals surface area contributed by atoms with E-state index in [0.29, 0.717) is 13.0 Å². The van der Waals surface area contributed by atoms with E-state index in [-0.39, 0.29) is 18.4 Å². The molecule has 2 atom stereocenters. The Morgan fingerprint density at radius 1 is 1.30 bits per heavy atom. The molecule has 1 aromatic rings. The van der Waals surface area contributed by atoms with E-state index in [1.165, 1.54) is 4.90 Å². The number of halogens is 2. The average molecular weight is 326 g/mol. The van der Waals surface area contributed by atoms with Crippen LogP contribution in [0.3, 0.4) is 0 Å². The maximum absolute atomic E-state index is 13.7. The molecule has 7 heteroatoms. The summed E-state index contributed by atoms with van der Waals surface area (Å²) in [4.78, 5) is 26.1. The highest BCUT2D eigenvalue weighted by molar-refractivity contribution is 5.98. The highest BCUT2D eigenvalue weighted by Crippen LogP contribution is 2.16. The minimum absolute atomic E-state index is 0.200. The second-order valence-corrected chi connectivity index (χ2v) is 6.02. The zero-order valence-corrected chi connectivity index (χ0v) is 13.1. The molecule has 0 bridgehead atoms. The van der Waals surface area contributed by atoms with Gasteiger partial charge in [0.05, 0.1) is 6.10 Å². The van der Waals surface area contributed by atoms with Gasteiger partial charge in [-0.2, -0.15) is 0 Å². The van der Waals surface area contributed by atoms with Crippen molar-refractivity contribution in [2.24, 2.45) is 5.92 Å². The molecule has 126 valence electrons. The molecule has 2 amide bonds. The number of likely N-dealkylation sites (tertiary alicyclic amines) is 1. The van der Waals surface area contributed by atoms with Crippen LogP contribution in [-0.4, -0.2) is 47.1 Å². The molecule has 0 aromatic heterocycles. The molecule has 1 saturated heterocycles. The minimum Gasteiger partial charge on any atom is -0.391 e. The number of nitrogens with one attached hydrogen (secondary N) is 1. The molecule has 5 nitrogen and oxygen atoms in total. The summed E-state index contributed by atoms with van der Waals surface area (Å²) < 4.78 is 27.4. The van der Waals surface area contributed by atoms with Gasteiger partial charge in [0.15, 0.2) is 0 Å². The van der Waals surface area contributed by atoms with E-state index < -0.39 is 35.3 Å². The Morgan fingerprint density at radius 2 is 1.91 bits per heavy atom. The van der Waals surface area contributed by atoms with E-state index >= 15 is 0 Å². The maximum atomic E-state index is 13.7. The first-order chi connectivity index (χ1) is 10.8. The highest BCUT2D eigenvalue weighted by Gasteiger charge is 2.33. The molecular formula is C16H20F2N2O3. The van der Waals surface area contributed by atoms with Crippen LogP contribution in [0.25, 0.3) is 0 Å². The molecule has 2 N–H and O–H groups in total. The van der Waals surface area contributed by atoms with E-state index in [1.807, 2.05) is 0 Å². The molecule has 0 aliphatic carbocycles. The van der Waals surface area contributed by atoms with Crippen LogP contribution in [0, 0.1) is 17.6 Å². The first-order valence-electron chi connectivity index (χ1n) is 7.53. The Morgan fingerprint density at radius 3 is 2.39 bits per heavy atom. The summed E-state index contributed by atoms with van der Waals surface area (Å²) in [5.74, 6) is -3.55. The van der Waals surface area contributed by atoms with Gasteiger partial charge in [0.1, 0.15) is 23.2 Å². The van der Waals surface area contributed by atoms with Gasteiger partial charge in [-0.25, -0.2) is 8.78 Å². The van der Waals surface area contributed by atoms with Gasteiger partial charge in [-0.3, -0.25) is 9.59 Å². The van der Waals surface area contributed by atoms with Crippen molar-refractivity contribution in [3.05, 3.63) is 35.4 Å². The predicted molar refractivity (Wildman–Crippen MR) is 79.7 cm³/mol. The van der Waals surface area contributed by atoms with Crippen LogP contribution in [0.5, 0.6) is 0 Å². The number of benzene rings is 1. The number of carbonyl (C=O) groups is 2. The van der Waals surface area contributed by atoms with Crippen LogP contribution >= 0.6 is 0 Å². The predicted octanol–water partition coefficient (Wildman–Crippen LogP) is 1.31. The molecule has 1 aliphatic heterocycles. The molecule has 0 saturated carbocycles. The topological polar surface area (TPSA) is 69.6 Å². The van der Waals surface area contributed by atoms with Crippen molar-refractivity contribution in [3.8, 4) is 0 Å². The van der Waals surface area contributed by atoms with Gasteiger partial charge in [-0.1, -0.05) is 19.9 Å². The average Bonchev–Trinajstić information content (AvgIpc) is 2.90. The highest BCUT2D eigenvalue weighted by atomic mass is 19.1. The van der Waals surface area contributed by atoms with Crippen LogP contribution in [-0.2, 0) is 4.79 Å². The summed E-state index contributed by atoms with van der Waals surface area (Å²) in [7, 11) is 0. The van der Waals surface area contributed by atoms with E-state index in [2.05, 4.69) is 5.32 Å². The van der Waals surface area contributed by atoms with Gasteiger partial charge in [0, 0.05) is 13.1 Å². The van der Waals surface area contributed by atoms with E-state index in [4.69, 9.17) is 0 Å². The van der Waals surface area contributed by atoms with Crippen LogP contribution in [0.1, 0.15) is 30.6 Å². The van der Waals surface area contributed by atoms with Crippen molar-refractivity contribution in [2.45, 2.75) is 32.4 Å². The third-order valence-corrected chi connectivity index (χ3v) is 3.88. The summed E-state index contributed by atoms with van der Waals surface area (Å²) in [5.41, 5.74) is -0.701. The number of β-amino-alcohol motifs (C(OH)–C–C–N with tert-alkyl or cyclic N) is 1. The van der Waals surface area contributed by atoms with Gasteiger partial charge in [0.2, 0.25) is 5.91 Å². The number of aliphatic hydroxyl groups is 1. The van der Waals surface area contributed by atoms with Crippen LogP contribution in [0.15, 0.2) is 18.2 Å². The number of hydrogen-bond donors (Lipinski definition) is 2.